The summed E-state index contributed by atoms with van der Waals surface area (Å²) in [7, 11) is -2.56. The monoisotopic (exact) mass is 522 g/mol. The zero-order chi connectivity index (χ0) is 26.0. The summed E-state index contributed by atoms with van der Waals surface area (Å²) in [6, 6.07) is 15.4. The number of fused-ring (bicyclic) bond motifs is 1. The maximum atomic E-state index is 14.6. The van der Waals surface area contributed by atoms with Crippen molar-refractivity contribution in [1.29, 1.82) is 5.26 Å². The van der Waals surface area contributed by atoms with Gasteiger partial charge in [0.2, 0.25) is 0 Å². The topological polar surface area (TPSA) is 122 Å². The molecule has 0 aliphatic rings. The second-order valence-corrected chi connectivity index (χ2v) is 11.5. The van der Waals surface area contributed by atoms with Gasteiger partial charge in [-0.3, -0.25) is 9.36 Å². The van der Waals surface area contributed by atoms with Crippen LogP contribution in [0, 0.1) is 16.5 Å². The highest BCUT2D eigenvalue weighted by atomic mass is 35.5. The van der Waals surface area contributed by atoms with Crippen LogP contribution in [0.5, 0.6) is 0 Å². The highest BCUT2D eigenvalue weighted by molar-refractivity contribution is 7.75. The van der Waals surface area contributed by atoms with Crippen molar-refractivity contribution < 1.29 is 18.6 Å². The molecule has 2 aromatic carbocycles. The summed E-state index contributed by atoms with van der Waals surface area (Å²) in [5.74, 6) is -0.464. The number of amides is 1. The number of nitriles is 1. The lowest BCUT2D eigenvalue weighted by Crippen LogP contribution is -2.31. The molecule has 2 heterocycles. The standard InChI is InChI=1S/C26H24ClN4O4P/c1-16(2)19-9-18(13-28)10-21(11-19)36(34,35-3)25-22-12-20(27)6-7-23(22)30-24(25)26(32)29-14-17-5-4-8-31(33)15-17/h4-12,15-16,30H,14H2,1-3H3,(H,29,32). The number of H-pyrrole nitrogens is 1. The maximum absolute atomic E-state index is 14.6. The SMILES string of the molecule is COP(=O)(c1cc(C#N)cc(C(C)C)c1)c1c(C(=O)NCc2ccc[n+]([O-])c2)[nH]c2ccc(Cl)cc12. The Balaban J connectivity index is 1.89. The summed E-state index contributed by atoms with van der Waals surface area (Å²) in [5.41, 5.74) is 2.36. The number of aromatic nitrogens is 2. The summed E-state index contributed by atoms with van der Waals surface area (Å²) < 4.78 is 21.0. The number of rotatable bonds is 7. The van der Waals surface area contributed by atoms with E-state index >= 15 is 0 Å². The van der Waals surface area contributed by atoms with Gasteiger partial charge in [0.25, 0.3) is 13.3 Å². The zero-order valence-corrected chi connectivity index (χ0v) is 21.6. The third-order valence-electron chi connectivity index (χ3n) is 5.88. The van der Waals surface area contributed by atoms with Crippen LogP contribution in [0.4, 0.5) is 0 Å². The van der Waals surface area contributed by atoms with Gasteiger partial charge in [-0.25, -0.2) is 0 Å². The van der Waals surface area contributed by atoms with Gasteiger partial charge in [0.1, 0.15) is 5.69 Å². The number of aromatic amines is 1. The molecule has 36 heavy (non-hydrogen) atoms. The third-order valence-corrected chi connectivity index (χ3v) is 8.62. The smallest absolute Gasteiger partial charge is 0.268 e. The van der Waals surface area contributed by atoms with E-state index in [1.54, 1.807) is 42.5 Å². The lowest BCUT2D eigenvalue weighted by Gasteiger charge is -2.20. The van der Waals surface area contributed by atoms with Gasteiger partial charge in [-0.05, 0) is 53.9 Å². The normalized spacial score (nSPS) is 12.9. The summed E-state index contributed by atoms with van der Waals surface area (Å²) in [5, 5.41) is 25.3. The molecular weight excluding hydrogens is 499 g/mol. The highest BCUT2D eigenvalue weighted by Gasteiger charge is 2.36. The van der Waals surface area contributed by atoms with Crippen LogP contribution in [-0.4, -0.2) is 18.0 Å². The van der Waals surface area contributed by atoms with Crippen molar-refractivity contribution in [3.8, 4) is 6.07 Å². The second-order valence-electron chi connectivity index (χ2n) is 8.61. The van der Waals surface area contributed by atoms with E-state index in [9.17, 15) is 19.8 Å². The molecule has 2 aromatic heterocycles. The first-order valence-electron chi connectivity index (χ1n) is 11.2. The Morgan fingerprint density at radius 1 is 1.28 bits per heavy atom. The van der Waals surface area contributed by atoms with Gasteiger partial charge < -0.3 is 20.0 Å². The van der Waals surface area contributed by atoms with E-state index in [4.69, 9.17) is 16.1 Å². The molecule has 1 amide bonds. The van der Waals surface area contributed by atoms with Gasteiger partial charge in [-0.15, -0.1) is 0 Å². The summed E-state index contributed by atoms with van der Waals surface area (Å²) in [6.07, 6.45) is 2.70. The van der Waals surface area contributed by atoms with E-state index in [1.165, 1.54) is 25.6 Å². The fourth-order valence-corrected chi connectivity index (χ4v) is 6.43. The Kier molecular flexibility index (Phi) is 7.18. The largest absolute Gasteiger partial charge is 0.619 e. The Morgan fingerprint density at radius 3 is 2.72 bits per heavy atom. The van der Waals surface area contributed by atoms with E-state index in [0.29, 0.717) is 37.1 Å². The molecule has 10 heteroatoms. The molecule has 0 spiro atoms. The second kappa shape index (κ2) is 10.2. The van der Waals surface area contributed by atoms with E-state index in [-0.39, 0.29) is 23.5 Å². The number of nitrogens with one attached hydrogen (secondary N) is 2. The molecule has 0 radical (unpaired) electrons. The summed E-state index contributed by atoms with van der Waals surface area (Å²) >= 11 is 6.27. The van der Waals surface area contributed by atoms with Gasteiger partial charge in [-0.2, -0.15) is 9.99 Å². The molecule has 0 fully saturated rings. The van der Waals surface area contributed by atoms with Crippen molar-refractivity contribution in [1.82, 2.24) is 10.3 Å². The molecular formula is C26H24ClN4O4P. The predicted octanol–water partition coefficient (Wildman–Crippen LogP) is 4.26. The van der Waals surface area contributed by atoms with Gasteiger partial charge >= 0.3 is 0 Å². The number of carbonyl (C=O) groups excluding carboxylic acids is 1. The van der Waals surface area contributed by atoms with Crippen molar-refractivity contribution in [2.75, 3.05) is 7.11 Å². The maximum Gasteiger partial charge on any atom is 0.268 e. The van der Waals surface area contributed by atoms with E-state index in [2.05, 4.69) is 16.4 Å². The fraction of sp³-hybridized carbons (Fsp3) is 0.192. The fourth-order valence-electron chi connectivity index (χ4n) is 4.02. The average molecular weight is 523 g/mol. The number of hydrogen-bond donors (Lipinski definition) is 2. The highest BCUT2D eigenvalue weighted by Crippen LogP contribution is 2.48. The molecule has 1 unspecified atom stereocenters. The van der Waals surface area contributed by atoms with Crippen LogP contribution in [0.1, 0.15) is 46.9 Å². The van der Waals surface area contributed by atoms with Crippen LogP contribution in [0.3, 0.4) is 0 Å². The molecule has 0 aliphatic heterocycles. The van der Waals surface area contributed by atoms with Crippen molar-refractivity contribution in [2.45, 2.75) is 26.3 Å². The van der Waals surface area contributed by atoms with Crippen LogP contribution in [0.2, 0.25) is 5.02 Å². The van der Waals surface area contributed by atoms with Crippen molar-refractivity contribution in [2.24, 2.45) is 0 Å². The molecule has 0 saturated carbocycles. The molecule has 0 saturated heterocycles. The number of pyridine rings is 1. The Bertz CT molecular complexity index is 1560. The molecule has 0 aliphatic carbocycles. The minimum absolute atomic E-state index is 0.0526. The van der Waals surface area contributed by atoms with Crippen molar-refractivity contribution in [3.05, 3.63) is 93.5 Å². The minimum atomic E-state index is -3.88. The van der Waals surface area contributed by atoms with E-state index < -0.39 is 13.3 Å². The van der Waals surface area contributed by atoms with Crippen LogP contribution in [0.15, 0.2) is 60.9 Å². The van der Waals surface area contributed by atoms with Gasteiger partial charge in [0.15, 0.2) is 12.4 Å². The van der Waals surface area contributed by atoms with Crippen LogP contribution >= 0.6 is 19.0 Å². The first-order chi connectivity index (χ1) is 17.2. The quantitative estimate of drug-likeness (QED) is 0.213. The first-order valence-corrected chi connectivity index (χ1v) is 13.2. The molecule has 1 atom stereocenters. The number of hydrogen-bond acceptors (Lipinski definition) is 5. The van der Waals surface area contributed by atoms with Crippen LogP contribution in [-0.2, 0) is 15.6 Å². The Morgan fingerprint density at radius 2 is 2.06 bits per heavy atom. The predicted molar refractivity (Wildman–Crippen MR) is 139 cm³/mol. The lowest BCUT2D eigenvalue weighted by molar-refractivity contribution is -0.605. The Hall–Kier alpha value is -3.63. The number of carbonyl (C=O) groups is 1. The van der Waals surface area contributed by atoms with E-state index in [0.717, 1.165) is 5.56 Å². The third kappa shape index (κ3) is 4.87. The summed E-state index contributed by atoms with van der Waals surface area (Å²) in [4.78, 5) is 16.4. The average Bonchev–Trinajstić information content (AvgIpc) is 3.25. The van der Waals surface area contributed by atoms with Crippen molar-refractivity contribution in [3.63, 3.8) is 0 Å². The van der Waals surface area contributed by atoms with Gasteiger partial charge in [-0.1, -0.05) is 25.4 Å². The van der Waals surface area contributed by atoms with E-state index in [1.807, 2.05) is 13.8 Å². The van der Waals surface area contributed by atoms with Gasteiger partial charge in [0.05, 0.1) is 16.9 Å². The molecule has 8 nitrogen and oxygen atoms in total. The number of halogens is 1. The number of benzene rings is 2. The van der Waals surface area contributed by atoms with Crippen LogP contribution in [0.25, 0.3) is 10.9 Å². The molecule has 2 N–H and O–H groups in total. The molecule has 0 bridgehead atoms. The van der Waals surface area contributed by atoms with Gasteiger partial charge in [0, 0.05) is 46.5 Å². The number of nitrogens with zero attached hydrogens (tertiary/aromatic N) is 2. The minimum Gasteiger partial charge on any atom is -0.619 e. The first kappa shape index (κ1) is 25.5. The molecule has 184 valence electrons. The molecule has 4 rings (SSSR count). The lowest BCUT2D eigenvalue weighted by atomic mass is 10.0. The molecule has 4 aromatic rings. The van der Waals surface area contributed by atoms with Crippen molar-refractivity contribution >= 4 is 46.4 Å². The zero-order valence-electron chi connectivity index (χ0n) is 19.9. The summed E-state index contributed by atoms with van der Waals surface area (Å²) in [6.45, 7) is 4.02. The van der Waals surface area contributed by atoms with Crippen LogP contribution < -0.4 is 20.7 Å². The Labute approximate surface area is 213 Å².